The molecule has 0 aromatic heterocycles. The number of hydrogen-bond donors (Lipinski definition) is 1. The Balaban J connectivity index is 0.00000208. The minimum Gasteiger partial charge on any atom is -0.326 e. The molecule has 2 amide bonds. The molecule has 6 heteroatoms. The molecule has 0 unspecified atom stereocenters. The maximum atomic E-state index is 12.3. The summed E-state index contributed by atoms with van der Waals surface area (Å²) in [5, 5.41) is 8.79. The SMILES string of the molecule is Cl.N#Cc1ccc(C[C@@H](N)CN2C(=O)c3ccccc3C2=O)cc1. The lowest BCUT2D eigenvalue weighted by Crippen LogP contribution is -2.41. The fourth-order valence-corrected chi connectivity index (χ4v) is 2.72. The van der Waals surface area contributed by atoms with Gasteiger partial charge in [-0.15, -0.1) is 12.4 Å². The van der Waals surface area contributed by atoms with Crippen molar-refractivity contribution in [3.8, 4) is 6.07 Å². The fraction of sp³-hybridized carbons (Fsp3) is 0.167. The summed E-state index contributed by atoms with van der Waals surface area (Å²) >= 11 is 0. The minimum absolute atomic E-state index is 0. The van der Waals surface area contributed by atoms with Gasteiger partial charge in [-0.2, -0.15) is 5.26 Å². The van der Waals surface area contributed by atoms with Crippen molar-refractivity contribution < 1.29 is 9.59 Å². The van der Waals surface area contributed by atoms with Crippen LogP contribution in [0.1, 0.15) is 31.8 Å². The fourth-order valence-electron chi connectivity index (χ4n) is 2.72. The van der Waals surface area contributed by atoms with Crippen LogP contribution in [0.25, 0.3) is 0 Å². The number of imide groups is 1. The predicted octanol–water partition coefficient (Wildman–Crippen LogP) is 2.15. The summed E-state index contributed by atoms with van der Waals surface area (Å²) in [6.07, 6.45) is 0.527. The molecule has 1 heterocycles. The normalized spacial score (nSPS) is 13.9. The maximum absolute atomic E-state index is 12.3. The predicted molar refractivity (Wildman–Crippen MR) is 91.9 cm³/mol. The summed E-state index contributed by atoms with van der Waals surface area (Å²) in [6, 6.07) is 15.6. The first-order valence-corrected chi connectivity index (χ1v) is 7.30. The van der Waals surface area contributed by atoms with Crippen LogP contribution in [0, 0.1) is 11.3 Å². The number of hydrogen-bond acceptors (Lipinski definition) is 4. The summed E-state index contributed by atoms with van der Waals surface area (Å²) in [7, 11) is 0. The van der Waals surface area contributed by atoms with Gasteiger partial charge in [0.15, 0.2) is 0 Å². The van der Waals surface area contributed by atoms with E-state index >= 15 is 0 Å². The zero-order valence-electron chi connectivity index (χ0n) is 12.8. The smallest absolute Gasteiger partial charge is 0.261 e. The summed E-state index contributed by atoms with van der Waals surface area (Å²) in [5.41, 5.74) is 8.52. The zero-order valence-corrected chi connectivity index (χ0v) is 13.6. The van der Waals surface area contributed by atoms with E-state index in [2.05, 4.69) is 6.07 Å². The molecule has 2 aromatic rings. The molecule has 5 nitrogen and oxygen atoms in total. The summed E-state index contributed by atoms with van der Waals surface area (Å²) < 4.78 is 0. The van der Waals surface area contributed by atoms with Crippen molar-refractivity contribution >= 4 is 24.2 Å². The molecule has 24 heavy (non-hydrogen) atoms. The minimum atomic E-state index is -0.356. The van der Waals surface area contributed by atoms with E-state index < -0.39 is 0 Å². The molecule has 0 saturated heterocycles. The lowest BCUT2D eigenvalue weighted by molar-refractivity contribution is 0.0644. The zero-order chi connectivity index (χ0) is 16.4. The molecular formula is C18H16ClN3O2. The van der Waals surface area contributed by atoms with Crippen molar-refractivity contribution in [3.05, 3.63) is 70.8 Å². The molecule has 0 radical (unpaired) electrons. The number of nitrogens with zero attached hydrogens (tertiary/aromatic N) is 2. The molecule has 2 N–H and O–H groups in total. The van der Waals surface area contributed by atoms with Crippen LogP contribution < -0.4 is 5.73 Å². The third kappa shape index (κ3) is 3.30. The summed E-state index contributed by atoms with van der Waals surface area (Å²) in [5.74, 6) is -0.582. The van der Waals surface area contributed by atoms with E-state index in [9.17, 15) is 9.59 Å². The van der Waals surface area contributed by atoms with E-state index in [4.69, 9.17) is 11.0 Å². The number of fused-ring (bicyclic) bond motifs is 1. The van der Waals surface area contributed by atoms with E-state index in [1.165, 1.54) is 4.90 Å². The topological polar surface area (TPSA) is 87.2 Å². The van der Waals surface area contributed by atoms with Crippen LogP contribution >= 0.6 is 12.4 Å². The van der Waals surface area contributed by atoms with E-state index in [1.54, 1.807) is 36.4 Å². The summed E-state index contributed by atoms with van der Waals surface area (Å²) in [6.45, 7) is 0.173. The molecule has 122 valence electrons. The van der Waals surface area contributed by atoms with Crippen LogP contribution in [0.4, 0.5) is 0 Å². The van der Waals surface area contributed by atoms with Gasteiger partial charge < -0.3 is 5.73 Å². The molecule has 3 rings (SSSR count). The molecule has 0 aliphatic carbocycles. The lowest BCUT2D eigenvalue weighted by atomic mass is 10.0. The molecule has 2 aromatic carbocycles. The number of halogens is 1. The Labute approximate surface area is 146 Å². The van der Waals surface area contributed by atoms with Gasteiger partial charge in [-0.05, 0) is 36.2 Å². The highest BCUT2D eigenvalue weighted by Gasteiger charge is 2.35. The highest BCUT2D eigenvalue weighted by atomic mass is 35.5. The van der Waals surface area contributed by atoms with Crippen LogP contribution in [0.15, 0.2) is 48.5 Å². The number of rotatable bonds is 4. The second-order valence-electron chi connectivity index (χ2n) is 5.54. The van der Waals surface area contributed by atoms with Crippen LogP contribution in [-0.2, 0) is 6.42 Å². The van der Waals surface area contributed by atoms with E-state index in [0.29, 0.717) is 23.1 Å². The molecule has 1 aliphatic heterocycles. The third-order valence-corrected chi connectivity index (χ3v) is 3.88. The van der Waals surface area contributed by atoms with Crippen molar-refractivity contribution in [2.24, 2.45) is 5.73 Å². The van der Waals surface area contributed by atoms with Crippen LogP contribution in [0.5, 0.6) is 0 Å². The van der Waals surface area contributed by atoms with Crippen molar-refractivity contribution in [1.82, 2.24) is 4.90 Å². The molecule has 0 bridgehead atoms. The van der Waals surface area contributed by atoms with Gasteiger partial charge in [0.1, 0.15) is 0 Å². The molecule has 0 saturated carbocycles. The number of nitrogens with two attached hydrogens (primary N) is 1. The van der Waals surface area contributed by atoms with Crippen molar-refractivity contribution in [1.29, 1.82) is 5.26 Å². The number of amides is 2. The molecule has 1 aliphatic rings. The number of benzene rings is 2. The van der Waals surface area contributed by atoms with Gasteiger partial charge in [-0.3, -0.25) is 14.5 Å². The molecular weight excluding hydrogens is 326 g/mol. The first kappa shape index (κ1) is 17.7. The van der Waals surface area contributed by atoms with E-state index in [0.717, 1.165) is 5.56 Å². The van der Waals surface area contributed by atoms with Gasteiger partial charge >= 0.3 is 0 Å². The van der Waals surface area contributed by atoms with Crippen molar-refractivity contribution in [3.63, 3.8) is 0 Å². The Morgan fingerprint density at radius 2 is 1.54 bits per heavy atom. The van der Waals surface area contributed by atoms with E-state index in [1.807, 2.05) is 12.1 Å². The molecule has 0 fully saturated rings. The van der Waals surface area contributed by atoms with Crippen LogP contribution in [0.3, 0.4) is 0 Å². The summed E-state index contributed by atoms with van der Waals surface area (Å²) in [4.78, 5) is 25.8. The average Bonchev–Trinajstić information content (AvgIpc) is 2.81. The van der Waals surface area contributed by atoms with Gasteiger partial charge in [-0.1, -0.05) is 24.3 Å². The largest absolute Gasteiger partial charge is 0.326 e. The average molecular weight is 342 g/mol. The van der Waals surface area contributed by atoms with Gasteiger partial charge in [-0.25, -0.2) is 0 Å². The van der Waals surface area contributed by atoms with Gasteiger partial charge in [0.05, 0.1) is 22.8 Å². The molecule has 0 spiro atoms. The van der Waals surface area contributed by atoms with Gasteiger partial charge in [0.25, 0.3) is 11.8 Å². The maximum Gasteiger partial charge on any atom is 0.261 e. The lowest BCUT2D eigenvalue weighted by Gasteiger charge is -2.19. The first-order chi connectivity index (χ1) is 11.1. The van der Waals surface area contributed by atoms with Gasteiger partial charge in [0.2, 0.25) is 0 Å². The Bertz CT molecular complexity index is 777. The Kier molecular flexibility index (Phi) is 5.35. The van der Waals surface area contributed by atoms with Crippen LogP contribution in [-0.4, -0.2) is 29.3 Å². The number of carbonyl (C=O) groups is 2. The van der Waals surface area contributed by atoms with E-state index in [-0.39, 0.29) is 36.8 Å². The highest BCUT2D eigenvalue weighted by molar-refractivity contribution is 6.21. The second-order valence-corrected chi connectivity index (χ2v) is 5.54. The third-order valence-electron chi connectivity index (χ3n) is 3.88. The standard InChI is InChI=1S/C18H15N3O2.ClH/c19-10-13-7-5-12(6-8-13)9-14(20)11-21-17(22)15-3-1-2-4-16(15)18(21)23;/h1-8,14H,9,11,20H2;1H/t14-;/m1./s1. The quantitative estimate of drug-likeness (QED) is 0.863. The second kappa shape index (κ2) is 7.26. The van der Waals surface area contributed by atoms with Gasteiger partial charge in [0, 0.05) is 12.6 Å². The highest BCUT2D eigenvalue weighted by Crippen LogP contribution is 2.22. The number of nitriles is 1. The first-order valence-electron chi connectivity index (χ1n) is 7.30. The van der Waals surface area contributed by atoms with Crippen molar-refractivity contribution in [2.45, 2.75) is 12.5 Å². The Hall–Kier alpha value is -2.68. The Morgan fingerprint density at radius 3 is 2.04 bits per heavy atom. The molecule has 1 atom stereocenters. The number of carbonyl (C=O) groups excluding carboxylic acids is 2. The van der Waals surface area contributed by atoms with Crippen LogP contribution in [0.2, 0.25) is 0 Å². The monoisotopic (exact) mass is 341 g/mol. The van der Waals surface area contributed by atoms with Crippen molar-refractivity contribution in [2.75, 3.05) is 6.54 Å². The Morgan fingerprint density at radius 1 is 1.00 bits per heavy atom.